The normalized spacial score (nSPS) is 10.4. The first-order valence-corrected chi connectivity index (χ1v) is 5.13. The Kier molecular flexibility index (Phi) is 3.66. The average Bonchev–Trinajstić information content (AvgIpc) is 2.18. The molecule has 0 aliphatic rings. The van der Waals surface area contributed by atoms with Crippen molar-refractivity contribution in [3.8, 4) is 0 Å². The first-order valence-electron chi connectivity index (χ1n) is 5.13. The molecule has 0 aromatic carbocycles. The fourth-order valence-corrected chi connectivity index (χ4v) is 1.53. The molecule has 1 aromatic heterocycles. The van der Waals surface area contributed by atoms with Crippen LogP contribution in [-0.2, 0) is 0 Å². The summed E-state index contributed by atoms with van der Waals surface area (Å²) < 4.78 is 0. The summed E-state index contributed by atoms with van der Waals surface area (Å²) in [6.45, 7) is 7.21. The maximum Gasteiger partial charge on any atom is 0.129 e. The van der Waals surface area contributed by atoms with Gasteiger partial charge >= 0.3 is 0 Å². The zero-order valence-corrected chi connectivity index (χ0v) is 9.49. The lowest BCUT2D eigenvalue weighted by atomic mass is 10.2. The minimum absolute atomic E-state index is 0.0819. The number of nitrogens with one attached hydrogen (secondary N) is 1. The van der Waals surface area contributed by atoms with E-state index in [1.165, 1.54) is 0 Å². The van der Waals surface area contributed by atoms with Gasteiger partial charge in [-0.2, -0.15) is 0 Å². The van der Waals surface area contributed by atoms with Crippen molar-refractivity contribution in [3.05, 3.63) is 23.9 Å². The molecule has 0 unspecified atom stereocenters. The third-order valence-electron chi connectivity index (χ3n) is 2.31. The van der Waals surface area contributed by atoms with Crippen molar-refractivity contribution in [1.82, 2.24) is 4.98 Å². The van der Waals surface area contributed by atoms with Gasteiger partial charge < -0.3 is 10.6 Å². The van der Waals surface area contributed by atoms with Crippen molar-refractivity contribution >= 4 is 11.7 Å². The van der Waals surface area contributed by atoms with E-state index in [2.05, 4.69) is 30.7 Å². The molecule has 0 atom stereocenters. The Bertz CT molecular complexity index is 346. The number of rotatable bonds is 4. The van der Waals surface area contributed by atoms with Gasteiger partial charge in [-0.25, -0.2) is 4.98 Å². The van der Waals surface area contributed by atoms with Crippen LogP contribution < -0.4 is 10.6 Å². The second-order valence-corrected chi connectivity index (χ2v) is 3.70. The third kappa shape index (κ3) is 2.68. The van der Waals surface area contributed by atoms with E-state index in [9.17, 15) is 0 Å². The highest BCUT2D eigenvalue weighted by atomic mass is 15.2. The molecule has 0 spiro atoms. The van der Waals surface area contributed by atoms with E-state index in [1.54, 1.807) is 12.3 Å². The quantitative estimate of drug-likeness (QED) is 0.581. The molecule has 1 heterocycles. The number of pyridine rings is 1. The Morgan fingerprint density at radius 1 is 1.60 bits per heavy atom. The van der Waals surface area contributed by atoms with E-state index in [1.807, 2.05) is 6.07 Å². The van der Waals surface area contributed by atoms with Crippen LogP contribution in [0.15, 0.2) is 18.3 Å². The number of hydrogen-bond donors (Lipinski definition) is 2. The largest absolute Gasteiger partial charge is 0.384 e. The zero-order valence-electron chi connectivity index (χ0n) is 9.49. The molecule has 0 saturated heterocycles. The number of aromatic nitrogens is 1. The number of nitrogen functional groups attached to an aromatic ring is 1. The lowest BCUT2D eigenvalue weighted by Crippen LogP contribution is -2.31. The second kappa shape index (κ2) is 4.77. The van der Waals surface area contributed by atoms with Gasteiger partial charge in [0.15, 0.2) is 0 Å². The Morgan fingerprint density at radius 2 is 2.27 bits per heavy atom. The standard InChI is InChI=1S/C11H18N4/c1-4-15(8(2)3)10-7-9(11(12)13)5-6-14-10/h5-8H,4H2,1-3H3,(H3,12,13). The van der Waals surface area contributed by atoms with Crippen LogP contribution in [0.5, 0.6) is 0 Å². The van der Waals surface area contributed by atoms with Crippen LogP contribution >= 0.6 is 0 Å². The molecule has 1 aromatic rings. The molecule has 15 heavy (non-hydrogen) atoms. The summed E-state index contributed by atoms with van der Waals surface area (Å²) in [6.07, 6.45) is 1.69. The van der Waals surface area contributed by atoms with Gasteiger partial charge in [0.2, 0.25) is 0 Å². The first kappa shape index (κ1) is 11.5. The smallest absolute Gasteiger partial charge is 0.129 e. The first-order chi connectivity index (χ1) is 7.06. The van der Waals surface area contributed by atoms with Gasteiger partial charge in [-0.05, 0) is 32.9 Å². The second-order valence-electron chi connectivity index (χ2n) is 3.70. The summed E-state index contributed by atoms with van der Waals surface area (Å²) in [7, 11) is 0. The summed E-state index contributed by atoms with van der Waals surface area (Å²) in [5.74, 6) is 0.957. The van der Waals surface area contributed by atoms with Gasteiger partial charge in [0, 0.05) is 24.3 Å². The Hall–Kier alpha value is -1.58. The highest BCUT2D eigenvalue weighted by Crippen LogP contribution is 2.14. The third-order valence-corrected chi connectivity index (χ3v) is 2.31. The van der Waals surface area contributed by atoms with Gasteiger partial charge in [0.05, 0.1) is 0 Å². The maximum atomic E-state index is 7.37. The molecule has 0 aliphatic carbocycles. The predicted molar refractivity (Wildman–Crippen MR) is 63.4 cm³/mol. The lowest BCUT2D eigenvalue weighted by Gasteiger charge is -2.26. The number of nitrogens with zero attached hydrogens (tertiary/aromatic N) is 2. The van der Waals surface area contributed by atoms with E-state index in [0.29, 0.717) is 6.04 Å². The van der Waals surface area contributed by atoms with Crippen molar-refractivity contribution in [1.29, 1.82) is 5.41 Å². The minimum Gasteiger partial charge on any atom is -0.384 e. The molecular formula is C11H18N4. The Labute approximate surface area is 90.6 Å². The number of anilines is 1. The minimum atomic E-state index is 0.0819. The maximum absolute atomic E-state index is 7.37. The van der Waals surface area contributed by atoms with Gasteiger partial charge in [-0.3, -0.25) is 5.41 Å². The molecule has 3 N–H and O–H groups in total. The summed E-state index contributed by atoms with van der Waals surface area (Å²) in [6, 6.07) is 4.00. The highest BCUT2D eigenvalue weighted by molar-refractivity contribution is 5.95. The fourth-order valence-electron chi connectivity index (χ4n) is 1.53. The van der Waals surface area contributed by atoms with Crippen LogP contribution in [0.1, 0.15) is 26.3 Å². The van der Waals surface area contributed by atoms with Crippen LogP contribution in [0.25, 0.3) is 0 Å². The molecule has 4 nitrogen and oxygen atoms in total. The van der Waals surface area contributed by atoms with Crippen molar-refractivity contribution in [2.45, 2.75) is 26.8 Å². The molecule has 0 aliphatic heterocycles. The zero-order chi connectivity index (χ0) is 11.4. The molecule has 0 bridgehead atoms. The SMILES string of the molecule is CCN(c1cc(C(=N)N)ccn1)C(C)C. The van der Waals surface area contributed by atoms with E-state index < -0.39 is 0 Å². The molecule has 4 heteroatoms. The molecular weight excluding hydrogens is 188 g/mol. The van der Waals surface area contributed by atoms with Gasteiger partial charge in [-0.15, -0.1) is 0 Å². The monoisotopic (exact) mass is 206 g/mol. The molecule has 1 rings (SSSR count). The van der Waals surface area contributed by atoms with Crippen LogP contribution in [0, 0.1) is 5.41 Å². The van der Waals surface area contributed by atoms with E-state index in [4.69, 9.17) is 11.1 Å². The van der Waals surface area contributed by atoms with Gasteiger partial charge in [0.1, 0.15) is 11.7 Å². The molecule has 0 radical (unpaired) electrons. The summed E-state index contributed by atoms with van der Waals surface area (Å²) in [5.41, 5.74) is 6.16. The van der Waals surface area contributed by atoms with Crippen LogP contribution in [0.2, 0.25) is 0 Å². The summed E-state index contributed by atoms with van der Waals surface area (Å²) >= 11 is 0. The van der Waals surface area contributed by atoms with Crippen LogP contribution in [-0.4, -0.2) is 23.4 Å². The van der Waals surface area contributed by atoms with Gasteiger partial charge in [0.25, 0.3) is 0 Å². The fraction of sp³-hybridized carbons (Fsp3) is 0.455. The van der Waals surface area contributed by atoms with Gasteiger partial charge in [-0.1, -0.05) is 0 Å². The summed E-state index contributed by atoms with van der Waals surface area (Å²) in [4.78, 5) is 6.45. The highest BCUT2D eigenvalue weighted by Gasteiger charge is 2.10. The number of nitrogens with two attached hydrogens (primary N) is 1. The molecule has 0 fully saturated rings. The van der Waals surface area contributed by atoms with E-state index in [0.717, 1.165) is 17.9 Å². The topological polar surface area (TPSA) is 66.0 Å². The molecule has 82 valence electrons. The average molecular weight is 206 g/mol. The Morgan fingerprint density at radius 3 is 2.73 bits per heavy atom. The predicted octanol–water partition coefficient (Wildman–Crippen LogP) is 1.60. The lowest BCUT2D eigenvalue weighted by molar-refractivity contribution is 0.693. The molecule has 0 saturated carbocycles. The van der Waals surface area contributed by atoms with Crippen molar-refractivity contribution in [2.24, 2.45) is 5.73 Å². The van der Waals surface area contributed by atoms with Crippen molar-refractivity contribution < 1.29 is 0 Å². The summed E-state index contributed by atoms with van der Waals surface area (Å²) in [5, 5.41) is 7.37. The van der Waals surface area contributed by atoms with Crippen molar-refractivity contribution in [2.75, 3.05) is 11.4 Å². The van der Waals surface area contributed by atoms with E-state index >= 15 is 0 Å². The molecule has 0 amide bonds. The number of hydrogen-bond acceptors (Lipinski definition) is 3. The number of amidine groups is 1. The van der Waals surface area contributed by atoms with E-state index in [-0.39, 0.29) is 5.84 Å². The van der Waals surface area contributed by atoms with Crippen LogP contribution in [0.4, 0.5) is 5.82 Å². The Balaban J connectivity index is 3.03. The van der Waals surface area contributed by atoms with Crippen LogP contribution in [0.3, 0.4) is 0 Å². The van der Waals surface area contributed by atoms with Crippen molar-refractivity contribution in [3.63, 3.8) is 0 Å².